The van der Waals surface area contributed by atoms with Crippen LogP contribution in [0.1, 0.15) is 25.7 Å². The van der Waals surface area contributed by atoms with Crippen LogP contribution in [-0.4, -0.2) is 31.7 Å². The maximum Gasteiger partial charge on any atom is 0.135 e. The quantitative estimate of drug-likeness (QED) is 0.660. The zero-order valence-electron chi connectivity index (χ0n) is 7.83. The average Bonchev–Trinajstić information content (AvgIpc) is 2.71. The minimum atomic E-state index is 0.202. The van der Waals surface area contributed by atoms with Gasteiger partial charge in [0.25, 0.3) is 0 Å². The van der Waals surface area contributed by atoms with Crippen molar-refractivity contribution in [3.63, 3.8) is 0 Å². The minimum Gasteiger partial charge on any atom is -0.381 e. The molecule has 74 valence electrons. The van der Waals surface area contributed by atoms with E-state index in [1.54, 1.807) is 0 Å². The lowest BCUT2D eigenvalue weighted by atomic mass is 10.1. The molecule has 2 unspecified atom stereocenters. The van der Waals surface area contributed by atoms with Crippen LogP contribution in [0, 0.1) is 5.92 Å². The summed E-state index contributed by atoms with van der Waals surface area (Å²) in [6.07, 6.45) is 3.58. The first-order valence-electron chi connectivity index (χ1n) is 5.05. The van der Waals surface area contributed by atoms with E-state index in [1.807, 2.05) is 0 Å². The molecule has 1 aliphatic heterocycles. The molecule has 1 aliphatic carbocycles. The molecule has 2 aliphatic rings. The Morgan fingerprint density at radius 2 is 2.38 bits per heavy atom. The van der Waals surface area contributed by atoms with Gasteiger partial charge in [-0.3, -0.25) is 4.79 Å². The summed E-state index contributed by atoms with van der Waals surface area (Å²) >= 11 is 0. The van der Waals surface area contributed by atoms with Crippen LogP contribution >= 0.6 is 0 Å². The van der Waals surface area contributed by atoms with Crippen molar-refractivity contribution in [1.82, 2.24) is 0 Å². The Kier molecular flexibility index (Phi) is 2.96. The molecule has 3 heteroatoms. The smallest absolute Gasteiger partial charge is 0.135 e. The van der Waals surface area contributed by atoms with Crippen molar-refractivity contribution in [3.05, 3.63) is 0 Å². The van der Waals surface area contributed by atoms with Gasteiger partial charge in [-0.05, 0) is 12.8 Å². The highest BCUT2D eigenvalue weighted by Gasteiger charge is 2.24. The van der Waals surface area contributed by atoms with Crippen LogP contribution in [-0.2, 0) is 14.3 Å². The van der Waals surface area contributed by atoms with E-state index in [9.17, 15) is 4.79 Å². The van der Waals surface area contributed by atoms with E-state index >= 15 is 0 Å². The van der Waals surface area contributed by atoms with E-state index in [2.05, 4.69) is 0 Å². The third kappa shape index (κ3) is 2.51. The third-order valence-electron chi connectivity index (χ3n) is 2.79. The zero-order chi connectivity index (χ0) is 9.10. The number of Topliss-reactive ketones (excluding diaryl/α,β-unsaturated/α-hetero) is 1. The fourth-order valence-corrected chi connectivity index (χ4v) is 1.91. The molecule has 0 amide bonds. The molecule has 0 aromatic heterocycles. The second kappa shape index (κ2) is 4.20. The molecular formula is C10H16O3. The van der Waals surface area contributed by atoms with Gasteiger partial charge >= 0.3 is 0 Å². The summed E-state index contributed by atoms with van der Waals surface area (Å²) in [5, 5.41) is 0. The molecule has 0 N–H and O–H groups in total. The molecule has 0 spiro atoms. The standard InChI is InChI=1S/C10H16O3/c11-9-1-2-10(5-9)13-7-8-3-4-12-6-8/h8,10H,1-7H2. The van der Waals surface area contributed by atoms with Crippen LogP contribution in [0.4, 0.5) is 0 Å². The van der Waals surface area contributed by atoms with Gasteiger partial charge in [0, 0.05) is 25.4 Å². The largest absolute Gasteiger partial charge is 0.381 e. The van der Waals surface area contributed by atoms with E-state index in [-0.39, 0.29) is 6.10 Å². The second-order valence-corrected chi connectivity index (χ2v) is 3.97. The third-order valence-corrected chi connectivity index (χ3v) is 2.79. The highest BCUT2D eigenvalue weighted by molar-refractivity contribution is 5.81. The Morgan fingerprint density at radius 1 is 1.46 bits per heavy atom. The van der Waals surface area contributed by atoms with E-state index in [0.717, 1.165) is 32.7 Å². The first kappa shape index (κ1) is 9.16. The molecule has 2 atom stereocenters. The van der Waals surface area contributed by atoms with Gasteiger partial charge in [0.05, 0.1) is 19.3 Å². The molecule has 2 rings (SSSR count). The Morgan fingerprint density at radius 3 is 3.00 bits per heavy atom. The SMILES string of the molecule is O=C1CCC(OCC2CCOC2)C1. The lowest BCUT2D eigenvalue weighted by molar-refractivity contribution is -0.118. The Balaban J connectivity index is 1.64. The average molecular weight is 184 g/mol. The van der Waals surface area contributed by atoms with Gasteiger partial charge in [0.1, 0.15) is 5.78 Å². The van der Waals surface area contributed by atoms with Crippen molar-refractivity contribution in [3.8, 4) is 0 Å². The minimum absolute atomic E-state index is 0.202. The summed E-state index contributed by atoms with van der Waals surface area (Å²) < 4.78 is 10.9. The van der Waals surface area contributed by atoms with Crippen LogP contribution in [0.15, 0.2) is 0 Å². The first-order valence-corrected chi connectivity index (χ1v) is 5.05. The summed E-state index contributed by atoms with van der Waals surface area (Å²) in [5.74, 6) is 0.920. The molecule has 1 saturated carbocycles. The van der Waals surface area contributed by atoms with Crippen LogP contribution in [0.5, 0.6) is 0 Å². The van der Waals surface area contributed by atoms with Gasteiger partial charge in [-0.1, -0.05) is 0 Å². The Hall–Kier alpha value is -0.410. The maximum absolute atomic E-state index is 10.9. The van der Waals surface area contributed by atoms with Crippen molar-refractivity contribution >= 4 is 5.78 Å². The van der Waals surface area contributed by atoms with Crippen LogP contribution in [0.2, 0.25) is 0 Å². The van der Waals surface area contributed by atoms with Crippen molar-refractivity contribution in [2.75, 3.05) is 19.8 Å². The monoisotopic (exact) mass is 184 g/mol. The highest BCUT2D eigenvalue weighted by atomic mass is 16.5. The Labute approximate surface area is 78.4 Å². The lowest BCUT2D eigenvalue weighted by Crippen LogP contribution is -2.16. The second-order valence-electron chi connectivity index (χ2n) is 3.97. The molecule has 0 aromatic carbocycles. The highest BCUT2D eigenvalue weighted by Crippen LogP contribution is 2.20. The fraction of sp³-hybridized carbons (Fsp3) is 0.900. The van der Waals surface area contributed by atoms with E-state index in [1.165, 1.54) is 0 Å². The molecule has 0 aromatic rings. The molecule has 0 bridgehead atoms. The molecule has 1 heterocycles. The van der Waals surface area contributed by atoms with Crippen LogP contribution in [0.3, 0.4) is 0 Å². The topological polar surface area (TPSA) is 35.5 Å². The number of hydrogen-bond acceptors (Lipinski definition) is 3. The van der Waals surface area contributed by atoms with Crippen molar-refractivity contribution < 1.29 is 14.3 Å². The number of ether oxygens (including phenoxy) is 2. The van der Waals surface area contributed by atoms with E-state index in [4.69, 9.17) is 9.47 Å². The normalized spacial score (nSPS) is 34.3. The molecular weight excluding hydrogens is 168 g/mol. The van der Waals surface area contributed by atoms with Crippen LogP contribution < -0.4 is 0 Å². The van der Waals surface area contributed by atoms with Gasteiger partial charge in [0.2, 0.25) is 0 Å². The van der Waals surface area contributed by atoms with Crippen LogP contribution in [0.25, 0.3) is 0 Å². The lowest BCUT2D eigenvalue weighted by Gasteiger charge is -2.13. The number of carbonyl (C=O) groups is 1. The van der Waals surface area contributed by atoms with Crippen molar-refractivity contribution in [1.29, 1.82) is 0 Å². The molecule has 13 heavy (non-hydrogen) atoms. The number of carbonyl (C=O) groups excluding carboxylic acids is 1. The fourth-order valence-electron chi connectivity index (χ4n) is 1.91. The van der Waals surface area contributed by atoms with Crippen molar-refractivity contribution in [2.24, 2.45) is 5.92 Å². The molecule has 2 fully saturated rings. The van der Waals surface area contributed by atoms with Gasteiger partial charge in [-0.15, -0.1) is 0 Å². The summed E-state index contributed by atoms with van der Waals surface area (Å²) in [4.78, 5) is 10.9. The molecule has 0 radical (unpaired) electrons. The first-order chi connectivity index (χ1) is 6.34. The summed E-state index contributed by atoms with van der Waals surface area (Å²) in [7, 11) is 0. The van der Waals surface area contributed by atoms with Crippen molar-refractivity contribution in [2.45, 2.75) is 31.8 Å². The number of hydrogen-bond donors (Lipinski definition) is 0. The predicted octanol–water partition coefficient (Wildman–Crippen LogP) is 1.16. The summed E-state index contributed by atoms with van der Waals surface area (Å²) in [5.41, 5.74) is 0. The van der Waals surface area contributed by atoms with Gasteiger partial charge < -0.3 is 9.47 Å². The zero-order valence-corrected chi connectivity index (χ0v) is 7.83. The predicted molar refractivity (Wildman–Crippen MR) is 47.5 cm³/mol. The maximum atomic E-state index is 10.9. The number of rotatable bonds is 3. The summed E-state index contributed by atoms with van der Waals surface area (Å²) in [6.45, 7) is 2.48. The van der Waals surface area contributed by atoms with Gasteiger partial charge in [-0.25, -0.2) is 0 Å². The van der Waals surface area contributed by atoms with E-state index in [0.29, 0.717) is 24.5 Å². The van der Waals surface area contributed by atoms with Gasteiger partial charge in [0.15, 0.2) is 0 Å². The molecule has 3 nitrogen and oxygen atoms in total. The summed E-state index contributed by atoms with van der Waals surface area (Å²) in [6, 6.07) is 0. The van der Waals surface area contributed by atoms with E-state index < -0.39 is 0 Å². The molecule has 1 saturated heterocycles. The Bertz CT molecular complexity index is 185. The van der Waals surface area contributed by atoms with Gasteiger partial charge in [-0.2, -0.15) is 0 Å². The number of ketones is 1.